The van der Waals surface area contributed by atoms with Gasteiger partial charge in [-0.25, -0.2) is 0 Å². The fourth-order valence-electron chi connectivity index (χ4n) is 3.50. The summed E-state index contributed by atoms with van der Waals surface area (Å²) in [6.07, 6.45) is 1.86. The van der Waals surface area contributed by atoms with Crippen LogP contribution >= 0.6 is 0 Å². The Balaban J connectivity index is 1.77. The molecule has 2 saturated carbocycles. The molecule has 0 amide bonds. The van der Waals surface area contributed by atoms with Crippen LogP contribution in [0.2, 0.25) is 0 Å². The molecule has 2 nitrogen and oxygen atoms in total. The minimum atomic E-state index is -4.09. The number of hydrogen-bond donors (Lipinski definition) is 1. The van der Waals surface area contributed by atoms with Crippen molar-refractivity contribution in [3.63, 3.8) is 0 Å². The van der Waals surface area contributed by atoms with Gasteiger partial charge in [0.25, 0.3) is 0 Å². The van der Waals surface area contributed by atoms with Gasteiger partial charge in [0.15, 0.2) is 0 Å². The number of alkyl halides is 3. The summed E-state index contributed by atoms with van der Waals surface area (Å²) >= 11 is 0. The highest BCUT2D eigenvalue weighted by molar-refractivity contribution is 5.04. The number of aliphatic hydroxyl groups excluding tert-OH is 1. The summed E-state index contributed by atoms with van der Waals surface area (Å²) < 4.78 is 41.8. The standard InChI is InChI=1S/C14H23F3O2/c15-14(16,17)8-5-9-19-12-10-11(18)13(12)6-3-1-2-4-7-13/h11-12,18H,1-10H2. The van der Waals surface area contributed by atoms with E-state index in [0.29, 0.717) is 6.42 Å². The molecule has 0 bridgehead atoms. The van der Waals surface area contributed by atoms with E-state index in [1.54, 1.807) is 0 Å². The molecule has 2 fully saturated rings. The van der Waals surface area contributed by atoms with E-state index in [0.717, 1.165) is 25.7 Å². The van der Waals surface area contributed by atoms with E-state index in [2.05, 4.69) is 0 Å². The Morgan fingerprint density at radius 3 is 2.26 bits per heavy atom. The zero-order valence-electron chi connectivity index (χ0n) is 11.2. The Hall–Kier alpha value is -0.290. The highest BCUT2D eigenvalue weighted by Gasteiger charge is 2.54. The molecule has 0 saturated heterocycles. The summed E-state index contributed by atoms with van der Waals surface area (Å²) in [6.45, 7) is 0.151. The maximum atomic E-state index is 12.0. The molecule has 0 radical (unpaired) electrons. The van der Waals surface area contributed by atoms with Gasteiger partial charge in [-0.1, -0.05) is 25.7 Å². The summed E-state index contributed by atoms with van der Waals surface area (Å²) in [7, 11) is 0. The molecule has 0 aliphatic heterocycles. The van der Waals surface area contributed by atoms with Gasteiger partial charge in [-0.15, -0.1) is 0 Å². The van der Waals surface area contributed by atoms with E-state index in [4.69, 9.17) is 4.74 Å². The second-order valence-electron chi connectivity index (χ2n) is 5.98. The highest BCUT2D eigenvalue weighted by atomic mass is 19.4. The minimum absolute atomic E-state index is 0.0200. The van der Waals surface area contributed by atoms with Gasteiger partial charge in [0, 0.05) is 24.9 Å². The fraction of sp³-hybridized carbons (Fsp3) is 1.00. The number of hydrogen-bond acceptors (Lipinski definition) is 2. The number of aliphatic hydroxyl groups is 1. The SMILES string of the molecule is OC1CC(OCCCC(F)(F)F)C12CCCCCC2. The lowest BCUT2D eigenvalue weighted by Gasteiger charge is -2.53. The van der Waals surface area contributed by atoms with Crippen molar-refractivity contribution in [1.82, 2.24) is 0 Å². The van der Waals surface area contributed by atoms with Gasteiger partial charge in [0.05, 0.1) is 12.2 Å². The first-order valence-corrected chi connectivity index (χ1v) is 7.30. The van der Waals surface area contributed by atoms with E-state index in [9.17, 15) is 18.3 Å². The minimum Gasteiger partial charge on any atom is -0.392 e. The lowest BCUT2D eigenvalue weighted by molar-refractivity contribution is -0.202. The molecule has 5 heteroatoms. The van der Waals surface area contributed by atoms with E-state index in [-0.39, 0.29) is 30.7 Å². The zero-order chi connectivity index (χ0) is 13.9. The molecular formula is C14H23F3O2. The number of halogens is 3. The van der Waals surface area contributed by atoms with Gasteiger partial charge in [-0.3, -0.25) is 0 Å². The van der Waals surface area contributed by atoms with Crippen LogP contribution in [0.3, 0.4) is 0 Å². The molecule has 0 aromatic carbocycles. The van der Waals surface area contributed by atoms with Crippen LogP contribution in [0.25, 0.3) is 0 Å². The highest BCUT2D eigenvalue weighted by Crippen LogP contribution is 2.52. The van der Waals surface area contributed by atoms with Gasteiger partial charge >= 0.3 is 6.18 Å². The molecule has 0 aromatic rings. The first kappa shape index (κ1) is 15.1. The molecule has 2 atom stereocenters. The molecule has 2 rings (SSSR count). The lowest BCUT2D eigenvalue weighted by Crippen LogP contribution is -2.58. The second-order valence-corrected chi connectivity index (χ2v) is 5.98. The smallest absolute Gasteiger partial charge is 0.389 e. The van der Waals surface area contributed by atoms with Crippen LogP contribution in [0, 0.1) is 5.41 Å². The van der Waals surface area contributed by atoms with Crippen molar-refractivity contribution in [2.45, 2.75) is 76.2 Å². The first-order chi connectivity index (χ1) is 8.94. The van der Waals surface area contributed by atoms with Crippen LogP contribution in [0.15, 0.2) is 0 Å². The largest absolute Gasteiger partial charge is 0.392 e. The lowest BCUT2D eigenvalue weighted by atomic mass is 9.59. The van der Waals surface area contributed by atoms with E-state index in [1.165, 1.54) is 12.8 Å². The van der Waals surface area contributed by atoms with Gasteiger partial charge < -0.3 is 9.84 Å². The van der Waals surface area contributed by atoms with Crippen molar-refractivity contribution in [3.05, 3.63) is 0 Å². The summed E-state index contributed by atoms with van der Waals surface area (Å²) in [6, 6.07) is 0. The molecular weight excluding hydrogens is 257 g/mol. The van der Waals surface area contributed by atoms with Crippen LogP contribution in [0.4, 0.5) is 13.2 Å². The average Bonchev–Trinajstić information content (AvgIpc) is 2.59. The van der Waals surface area contributed by atoms with Gasteiger partial charge in [0.1, 0.15) is 0 Å². The van der Waals surface area contributed by atoms with Crippen molar-refractivity contribution < 1.29 is 23.0 Å². The average molecular weight is 280 g/mol. The van der Waals surface area contributed by atoms with Gasteiger partial charge in [0.2, 0.25) is 0 Å². The van der Waals surface area contributed by atoms with Crippen molar-refractivity contribution in [3.8, 4) is 0 Å². The molecule has 0 heterocycles. The molecule has 19 heavy (non-hydrogen) atoms. The molecule has 2 unspecified atom stereocenters. The third kappa shape index (κ3) is 3.63. The summed E-state index contributed by atoms with van der Waals surface area (Å²) in [5.74, 6) is 0. The normalized spacial score (nSPS) is 30.9. The predicted molar refractivity (Wildman–Crippen MR) is 65.8 cm³/mol. The zero-order valence-corrected chi connectivity index (χ0v) is 11.2. The summed E-state index contributed by atoms with van der Waals surface area (Å²) in [4.78, 5) is 0. The van der Waals surface area contributed by atoms with Gasteiger partial charge in [-0.2, -0.15) is 13.2 Å². The fourth-order valence-corrected chi connectivity index (χ4v) is 3.50. The second kappa shape index (κ2) is 6.00. The summed E-state index contributed by atoms with van der Waals surface area (Å²) in [5, 5.41) is 10.0. The van der Waals surface area contributed by atoms with Crippen molar-refractivity contribution in [2.75, 3.05) is 6.61 Å². The van der Waals surface area contributed by atoms with Crippen molar-refractivity contribution in [1.29, 1.82) is 0 Å². The number of ether oxygens (including phenoxy) is 1. The monoisotopic (exact) mass is 280 g/mol. The number of rotatable bonds is 4. The molecule has 0 aromatic heterocycles. The quantitative estimate of drug-likeness (QED) is 0.793. The Morgan fingerprint density at radius 1 is 1.11 bits per heavy atom. The maximum absolute atomic E-state index is 12.0. The first-order valence-electron chi connectivity index (χ1n) is 7.30. The van der Waals surface area contributed by atoms with Crippen LogP contribution < -0.4 is 0 Å². The van der Waals surface area contributed by atoms with Crippen molar-refractivity contribution >= 4 is 0 Å². The van der Waals surface area contributed by atoms with Crippen molar-refractivity contribution in [2.24, 2.45) is 5.41 Å². The van der Waals surface area contributed by atoms with E-state index >= 15 is 0 Å². The predicted octanol–water partition coefficient (Wildman–Crippen LogP) is 3.82. The molecule has 1 N–H and O–H groups in total. The Labute approximate surface area is 112 Å². The molecule has 2 aliphatic carbocycles. The third-order valence-corrected chi connectivity index (χ3v) is 4.70. The van der Waals surface area contributed by atoms with E-state index in [1.807, 2.05) is 0 Å². The van der Waals surface area contributed by atoms with Crippen LogP contribution in [-0.2, 0) is 4.74 Å². The van der Waals surface area contributed by atoms with E-state index < -0.39 is 12.6 Å². The topological polar surface area (TPSA) is 29.5 Å². The van der Waals surface area contributed by atoms with Gasteiger partial charge in [-0.05, 0) is 19.3 Å². The molecule has 112 valence electrons. The Morgan fingerprint density at radius 2 is 1.74 bits per heavy atom. The van der Waals surface area contributed by atoms with Crippen LogP contribution in [0.5, 0.6) is 0 Å². The molecule has 1 spiro atoms. The third-order valence-electron chi connectivity index (χ3n) is 4.70. The van der Waals surface area contributed by atoms with Crippen LogP contribution in [-0.4, -0.2) is 30.1 Å². The Bertz CT molecular complexity index is 283. The van der Waals surface area contributed by atoms with Crippen LogP contribution in [0.1, 0.15) is 57.8 Å². The summed E-state index contributed by atoms with van der Waals surface area (Å²) in [5.41, 5.74) is -0.158. The Kier molecular flexibility index (Phi) is 4.77. The molecule has 2 aliphatic rings. The maximum Gasteiger partial charge on any atom is 0.389 e.